The smallest absolute Gasteiger partial charge is 0.341 e. The minimum absolute atomic E-state index is 0.0797. The number of methoxy groups -OCH3 is 1. The van der Waals surface area contributed by atoms with Crippen LogP contribution in [0.1, 0.15) is 17.3 Å². The van der Waals surface area contributed by atoms with Crippen molar-refractivity contribution in [1.82, 2.24) is 0 Å². The van der Waals surface area contributed by atoms with Crippen LogP contribution in [0.2, 0.25) is 5.02 Å². The van der Waals surface area contributed by atoms with E-state index in [1.54, 1.807) is 42.5 Å². The standard InChI is InChI=1S/C19H21ClN2O5/c1-12(18(24)22-16-11-13(20)7-8-17(16)26-2)27-19(25)14-5-3-4-6-15(14)21-9-10-23/h3-8,11-12,21,23H,9-10H2,1-2H3,(H,22,24)/t12-/m0/s1. The SMILES string of the molecule is COc1ccc(Cl)cc1NC(=O)[C@H](C)OC(=O)c1ccccc1NCCO. The van der Waals surface area contributed by atoms with Crippen LogP contribution in [-0.4, -0.2) is 43.3 Å². The number of carbonyl (C=O) groups is 2. The number of rotatable bonds is 8. The van der Waals surface area contributed by atoms with Crippen LogP contribution in [0.4, 0.5) is 11.4 Å². The maximum Gasteiger partial charge on any atom is 0.341 e. The molecule has 0 aromatic heterocycles. The summed E-state index contributed by atoms with van der Waals surface area (Å²) in [7, 11) is 1.47. The minimum atomic E-state index is -1.05. The summed E-state index contributed by atoms with van der Waals surface area (Å²) in [6.07, 6.45) is -1.05. The second-order valence-electron chi connectivity index (χ2n) is 5.58. The quantitative estimate of drug-likeness (QED) is 0.598. The van der Waals surface area contributed by atoms with Crippen LogP contribution in [-0.2, 0) is 9.53 Å². The summed E-state index contributed by atoms with van der Waals surface area (Å²) < 4.78 is 10.4. The molecule has 7 nitrogen and oxygen atoms in total. The molecule has 0 saturated carbocycles. The van der Waals surface area contributed by atoms with Crippen LogP contribution >= 0.6 is 11.6 Å². The Morgan fingerprint density at radius 2 is 1.93 bits per heavy atom. The summed E-state index contributed by atoms with van der Waals surface area (Å²) in [4.78, 5) is 24.8. The van der Waals surface area contributed by atoms with Crippen molar-refractivity contribution in [2.24, 2.45) is 0 Å². The molecule has 8 heteroatoms. The second-order valence-corrected chi connectivity index (χ2v) is 6.01. The van der Waals surface area contributed by atoms with Gasteiger partial charge in [-0.1, -0.05) is 23.7 Å². The molecule has 144 valence electrons. The van der Waals surface area contributed by atoms with Gasteiger partial charge in [0.15, 0.2) is 6.10 Å². The topological polar surface area (TPSA) is 96.9 Å². The number of anilines is 2. The van der Waals surface area contributed by atoms with Crippen LogP contribution in [0.25, 0.3) is 0 Å². The van der Waals surface area contributed by atoms with E-state index in [1.807, 2.05) is 0 Å². The highest BCUT2D eigenvalue weighted by Crippen LogP contribution is 2.28. The van der Waals surface area contributed by atoms with Crippen molar-refractivity contribution in [3.63, 3.8) is 0 Å². The Bertz CT molecular complexity index is 812. The van der Waals surface area contributed by atoms with E-state index in [0.717, 1.165) is 0 Å². The molecule has 0 bridgehead atoms. The normalized spacial score (nSPS) is 11.4. The van der Waals surface area contributed by atoms with Gasteiger partial charge in [-0.25, -0.2) is 4.79 Å². The fourth-order valence-electron chi connectivity index (χ4n) is 2.30. The van der Waals surface area contributed by atoms with Crippen molar-refractivity contribution in [2.75, 3.05) is 30.9 Å². The van der Waals surface area contributed by atoms with E-state index in [1.165, 1.54) is 14.0 Å². The average Bonchev–Trinajstić information content (AvgIpc) is 2.66. The lowest BCUT2D eigenvalue weighted by molar-refractivity contribution is -0.123. The Labute approximate surface area is 162 Å². The van der Waals surface area contributed by atoms with Crippen molar-refractivity contribution < 1.29 is 24.2 Å². The van der Waals surface area contributed by atoms with Crippen LogP contribution in [0, 0.1) is 0 Å². The fraction of sp³-hybridized carbons (Fsp3) is 0.263. The first-order valence-electron chi connectivity index (χ1n) is 8.25. The number of aliphatic hydroxyl groups excluding tert-OH is 1. The van der Waals surface area contributed by atoms with E-state index in [-0.39, 0.29) is 18.7 Å². The van der Waals surface area contributed by atoms with E-state index >= 15 is 0 Å². The number of para-hydroxylation sites is 1. The van der Waals surface area contributed by atoms with Gasteiger partial charge in [0.05, 0.1) is 25.0 Å². The predicted octanol–water partition coefficient (Wildman–Crippen LogP) is 2.94. The first-order valence-corrected chi connectivity index (χ1v) is 8.63. The van der Waals surface area contributed by atoms with Gasteiger partial charge in [0.25, 0.3) is 5.91 Å². The third kappa shape index (κ3) is 5.60. The van der Waals surface area contributed by atoms with E-state index in [9.17, 15) is 9.59 Å². The molecule has 3 N–H and O–H groups in total. The third-order valence-electron chi connectivity index (χ3n) is 3.65. The monoisotopic (exact) mass is 392 g/mol. The van der Waals surface area contributed by atoms with Gasteiger partial charge in [-0.15, -0.1) is 0 Å². The first kappa shape index (κ1) is 20.5. The maximum absolute atomic E-state index is 12.4. The van der Waals surface area contributed by atoms with E-state index < -0.39 is 18.0 Å². The zero-order valence-corrected chi connectivity index (χ0v) is 15.7. The number of carbonyl (C=O) groups excluding carboxylic acids is 2. The summed E-state index contributed by atoms with van der Waals surface area (Å²) in [5, 5.41) is 14.9. The lowest BCUT2D eigenvalue weighted by atomic mass is 10.1. The second kappa shape index (κ2) is 9.80. The van der Waals surface area contributed by atoms with Gasteiger partial charge in [0, 0.05) is 17.3 Å². The molecular formula is C19H21ClN2O5. The number of esters is 1. The number of hydrogen-bond acceptors (Lipinski definition) is 6. The van der Waals surface area contributed by atoms with E-state index in [2.05, 4.69) is 10.6 Å². The summed E-state index contributed by atoms with van der Waals surface area (Å²) in [5.41, 5.74) is 1.16. The molecule has 0 fully saturated rings. The zero-order valence-electron chi connectivity index (χ0n) is 15.0. The highest BCUT2D eigenvalue weighted by atomic mass is 35.5. The Hall–Kier alpha value is -2.77. The van der Waals surface area contributed by atoms with Crippen molar-refractivity contribution in [1.29, 1.82) is 0 Å². The molecule has 0 spiro atoms. The molecule has 0 aliphatic heterocycles. The average molecular weight is 393 g/mol. The Morgan fingerprint density at radius 3 is 2.63 bits per heavy atom. The number of aliphatic hydroxyl groups is 1. The lowest BCUT2D eigenvalue weighted by Gasteiger charge is -2.16. The molecule has 0 saturated heterocycles. The Balaban J connectivity index is 2.06. The van der Waals surface area contributed by atoms with Crippen LogP contribution in [0.3, 0.4) is 0 Å². The molecule has 0 aliphatic rings. The molecule has 0 heterocycles. The molecule has 1 atom stereocenters. The van der Waals surface area contributed by atoms with Crippen LogP contribution in [0.15, 0.2) is 42.5 Å². The largest absolute Gasteiger partial charge is 0.495 e. The number of nitrogens with one attached hydrogen (secondary N) is 2. The summed E-state index contributed by atoms with van der Waals surface area (Å²) in [5.74, 6) is -0.744. The van der Waals surface area contributed by atoms with Crippen molar-refractivity contribution in [3.05, 3.63) is 53.1 Å². The highest BCUT2D eigenvalue weighted by molar-refractivity contribution is 6.31. The molecule has 2 aromatic rings. The number of amides is 1. The highest BCUT2D eigenvalue weighted by Gasteiger charge is 2.21. The van der Waals surface area contributed by atoms with Gasteiger partial charge in [-0.05, 0) is 37.3 Å². The van der Waals surface area contributed by atoms with Crippen molar-refractivity contribution in [3.8, 4) is 5.75 Å². The first-order chi connectivity index (χ1) is 13.0. The van der Waals surface area contributed by atoms with Gasteiger partial charge in [0.2, 0.25) is 0 Å². The molecule has 0 aliphatic carbocycles. The predicted molar refractivity (Wildman–Crippen MR) is 104 cm³/mol. The molecule has 27 heavy (non-hydrogen) atoms. The molecule has 0 unspecified atom stereocenters. The molecule has 0 radical (unpaired) electrons. The van der Waals surface area contributed by atoms with Gasteiger partial charge in [-0.3, -0.25) is 4.79 Å². The fourth-order valence-corrected chi connectivity index (χ4v) is 2.47. The van der Waals surface area contributed by atoms with Crippen molar-refractivity contribution in [2.45, 2.75) is 13.0 Å². The van der Waals surface area contributed by atoms with E-state index in [0.29, 0.717) is 22.1 Å². The molecule has 2 rings (SSSR count). The van der Waals surface area contributed by atoms with Gasteiger partial charge in [-0.2, -0.15) is 0 Å². The summed E-state index contributed by atoms with van der Waals surface area (Å²) in [6.45, 7) is 1.67. The lowest BCUT2D eigenvalue weighted by Crippen LogP contribution is -2.30. The number of hydrogen-bond donors (Lipinski definition) is 3. The van der Waals surface area contributed by atoms with Gasteiger partial charge in [0.1, 0.15) is 5.75 Å². The van der Waals surface area contributed by atoms with Gasteiger partial charge >= 0.3 is 5.97 Å². The summed E-state index contributed by atoms with van der Waals surface area (Å²) in [6, 6.07) is 11.5. The number of benzene rings is 2. The van der Waals surface area contributed by atoms with Crippen molar-refractivity contribution >= 4 is 34.9 Å². The van der Waals surface area contributed by atoms with Crippen LogP contribution < -0.4 is 15.4 Å². The molecule has 1 amide bonds. The minimum Gasteiger partial charge on any atom is -0.495 e. The third-order valence-corrected chi connectivity index (χ3v) is 3.88. The molecule has 2 aromatic carbocycles. The summed E-state index contributed by atoms with van der Waals surface area (Å²) >= 11 is 5.94. The van der Waals surface area contributed by atoms with E-state index in [4.69, 9.17) is 26.2 Å². The zero-order chi connectivity index (χ0) is 19.8. The number of ether oxygens (including phenoxy) is 2. The Kier molecular flexibility index (Phi) is 7.45. The number of halogens is 1. The van der Waals surface area contributed by atoms with Crippen LogP contribution in [0.5, 0.6) is 5.75 Å². The Morgan fingerprint density at radius 1 is 1.19 bits per heavy atom. The maximum atomic E-state index is 12.4. The van der Waals surface area contributed by atoms with Gasteiger partial charge < -0.3 is 25.2 Å². The molecular weight excluding hydrogens is 372 g/mol.